The monoisotopic (exact) mass is 339 g/mol. The standard InChI is InChI=1S/C20H24BO2S/c1-5-7-9-11-13-17(3)19(22)21-15-12-16-24-20(23)18(4)14-10-8-6-2/h5-11,13-14H,1-3,12,15-16H2,4H3/b9-7-,10-8-,13-11-,18-14+. The minimum atomic E-state index is -0.0831. The largest absolute Gasteiger partial charge is 0.307 e. The smallest absolute Gasteiger partial charge is 0.215 e. The van der Waals surface area contributed by atoms with Crippen molar-refractivity contribution in [2.75, 3.05) is 5.75 Å². The van der Waals surface area contributed by atoms with Crippen LogP contribution in [-0.2, 0) is 9.59 Å². The molecule has 2 nitrogen and oxygen atoms in total. The fourth-order valence-corrected chi connectivity index (χ4v) is 2.26. The van der Waals surface area contributed by atoms with Gasteiger partial charge in [-0.2, -0.15) is 0 Å². The van der Waals surface area contributed by atoms with Gasteiger partial charge in [-0.05, 0) is 12.5 Å². The van der Waals surface area contributed by atoms with Gasteiger partial charge in [0.1, 0.15) is 5.68 Å². The van der Waals surface area contributed by atoms with Gasteiger partial charge >= 0.3 is 0 Å². The van der Waals surface area contributed by atoms with Crippen LogP contribution in [0.5, 0.6) is 0 Å². The second-order valence-corrected chi connectivity index (χ2v) is 5.89. The summed E-state index contributed by atoms with van der Waals surface area (Å²) in [7, 11) is 1.62. The van der Waals surface area contributed by atoms with Gasteiger partial charge in [0.25, 0.3) is 0 Å². The van der Waals surface area contributed by atoms with E-state index in [9.17, 15) is 9.59 Å². The van der Waals surface area contributed by atoms with Crippen molar-refractivity contribution in [3.8, 4) is 0 Å². The number of thioether (sulfide) groups is 1. The Kier molecular flexibility index (Phi) is 13.3. The maximum Gasteiger partial charge on any atom is 0.215 e. The summed E-state index contributed by atoms with van der Waals surface area (Å²) in [5, 5.41) is 0.0522. The fraction of sp³-hybridized carbons (Fsp3) is 0.200. The van der Waals surface area contributed by atoms with Crippen LogP contribution in [0.2, 0.25) is 6.32 Å². The molecule has 0 atom stereocenters. The van der Waals surface area contributed by atoms with Gasteiger partial charge in [0, 0.05) is 11.3 Å². The minimum absolute atomic E-state index is 0.0522. The molecule has 0 aromatic rings. The zero-order valence-corrected chi connectivity index (χ0v) is 15.1. The third kappa shape index (κ3) is 11.5. The molecule has 0 N–H and O–H groups in total. The average Bonchev–Trinajstić information content (AvgIpc) is 2.57. The summed E-state index contributed by atoms with van der Waals surface area (Å²) in [5.74, 6) is 0.684. The number of carbonyl (C=O) groups excluding carboxylic acids is 2. The molecule has 0 heterocycles. The minimum Gasteiger partial charge on any atom is -0.307 e. The topological polar surface area (TPSA) is 34.1 Å². The van der Waals surface area contributed by atoms with E-state index in [2.05, 4.69) is 19.7 Å². The molecular formula is C20H24BO2S. The molecule has 0 fully saturated rings. The lowest BCUT2D eigenvalue weighted by atomic mass is 9.66. The van der Waals surface area contributed by atoms with Crippen molar-refractivity contribution in [2.45, 2.75) is 19.7 Å². The van der Waals surface area contributed by atoms with E-state index in [-0.39, 0.29) is 10.8 Å². The third-order valence-electron chi connectivity index (χ3n) is 2.80. The molecule has 1 radical (unpaired) electrons. The number of carbonyl (C=O) groups is 2. The lowest BCUT2D eigenvalue weighted by molar-refractivity contribution is -0.109. The van der Waals surface area contributed by atoms with Crippen molar-refractivity contribution in [2.24, 2.45) is 0 Å². The van der Waals surface area contributed by atoms with Crippen LogP contribution >= 0.6 is 11.8 Å². The van der Waals surface area contributed by atoms with E-state index in [1.54, 1.807) is 68.9 Å². The van der Waals surface area contributed by atoms with Gasteiger partial charge in [-0.15, -0.1) is 0 Å². The van der Waals surface area contributed by atoms with Crippen LogP contribution in [0.1, 0.15) is 13.3 Å². The first-order chi connectivity index (χ1) is 11.5. The Morgan fingerprint density at radius 3 is 2.38 bits per heavy atom. The van der Waals surface area contributed by atoms with Crippen molar-refractivity contribution >= 4 is 29.8 Å². The van der Waals surface area contributed by atoms with Crippen molar-refractivity contribution in [3.63, 3.8) is 0 Å². The summed E-state index contributed by atoms with van der Waals surface area (Å²) in [5.41, 5.74) is 1.06. The molecule has 0 aliphatic carbocycles. The van der Waals surface area contributed by atoms with Crippen LogP contribution in [0.25, 0.3) is 0 Å². The number of hydrogen-bond acceptors (Lipinski definition) is 3. The van der Waals surface area contributed by atoms with Gasteiger partial charge in [0.05, 0.1) is 0 Å². The average molecular weight is 339 g/mol. The Morgan fingerprint density at radius 2 is 1.71 bits per heavy atom. The maximum absolute atomic E-state index is 11.8. The molecule has 4 heteroatoms. The van der Waals surface area contributed by atoms with Crippen LogP contribution in [0, 0.1) is 0 Å². The van der Waals surface area contributed by atoms with E-state index in [0.717, 1.165) is 6.42 Å². The number of hydrogen-bond donors (Lipinski definition) is 0. The molecule has 0 amide bonds. The zero-order valence-electron chi connectivity index (χ0n) is 14.2. The lowest BCUT2D eigenvalue weighted by Gasteiger charge is -2.01. The normalized spacial score (nSPS) is 12.0. The molecular weight excluding hydrogens is 315 g/mol. The molecule has 0 aliphatic heterocycles. The Hall–Kier alpha value is -2.07. The molecule has 125 valence electrons. The SMILES string of the molecule is C=C/C=C\C=C/C(=C)C(=O)[B]CCCSC(=O)/C(C)=C/C=C\C=C. The quantitative estimate of drug-likeness (QED) is 0.221. The zero-order chi connectivity index (χ0) is 18.2. The fourth-order valence-electron chi connectivity index (χ4n) is 1.47. The molecule has 0 saturated heterocycles. The van der Waals surface area contributed by atoms with Crippen molar-refractivity contribution < 1.29 is 9.59 Å². The summed E-state index contributed by atoms with van der Waals surface area (Å²) in [6, 6.07) is 0. The Bertz CT molecular complexity index is 580. The maximum atomic E-state index is 11.8. The van der Waals surface area contributed by atoms with Gasteiger partial charge < -0.3 is 4.79 Å². The summed E-state index contributed by atoms with van der Waals surface area (Å²) >= 11 is 1.27. The van der Waals surface area contributed by atoms with Crippen LogP contribution in [0.4, 0.5) is 0 Å². The van der Waals surface area contributed by atoms with Gasteiger partial charge in [0.2, 0.25) is 12.4 Å². The number of allylic oxidation sites excluding steroid dienone is 10. The Morgan fingerprint density at radius 1 is 1.04 bits per heavy atom. The van der Waals surface area contributed by atoms with Crippen molar-refractivity contribution in [3.05, 3.63) is 85.6 Å². The molecule has 0 aromatic heterocycles. The highest BCUT2D eigenvalue weighted by molar-refractivity contribution is 8.14. The molecule has 0 spiro atoms. The van der Waals surface area contributed by atoms with Gasteiger partial charge in [-0.3, -0.25) is 4.79 Å². The van der Waals surface area contributed by atoms with Crippen molar-refractivity contribution in [1.29, 1.82) is 0 Å². The van der Waals surface area contributed by atoms with E-state index in [4.69, 9.17) is 0 Å². The van der Waals surface area contributed by atoms with E-state index in [0.29, 0.717) is 23.2 Å². The van der Waals surface area contributed by atoms with Crippen LogP contribution < -0.4 is 0 Å². The summed E-state index contributed by atoms with van der Waals surface area (Å²) in [4.78, 5) is 23.6. The molecule has 0 rings (SSSR count). The summed E-state index contributed by atoms with van der Waals surface area (Å²) in [6.07, 6.45) is 17.0. The summed E-state index contributed by atoms with van der Waals surface area (Å²) < 4.78 is 0. The van der Waals surface area contributed by atoms with Crippen LogP contribution in [0.15, 0.2) is 85.6 Å². The Labute approximate surface area is 150 Å². The first-order valence-corrected chi connectivity index (χ1v) is 8.66. The Balaban J connectivity index is 3.99. The second kappa shape index (κ2) is 14.5. The molecule has 24 heavy (non-hydrogen) atoms. The van der Waals surface area contributed by atoms with Gasteiger partial charge in [0.15, 0.2) is 0 Å². The molecule has 0 aliphatic rings. The van der Waals surface area contributed by atoms with Gasteiger partial charge in [-0.25, -0.2) is 0 Å². The highest BCUT2D eigenvalue weighted by Gasteiger charge is 2.07. The van der Waals surface area contributed by atoms with E-state index in [1.807, 2.05) is 0 Å². The van der Waals surface area contributed by atoms with Crippen LogP contribution in [0.3, 0.4) is 0 Å². The first kappa shape index (κ1) is 21.9. The lowest BCUT2D eigenvalue weighted by Crippen LogP contribution is -2.10. The molecule has 0 saturated carbocycles. The van der Waals surface area contributed by atoms with Crippen molar-refractivity contribution in [1.82, 2.24) is 0 Å². The van der Waals surface area contributed by atoms with E-state index in [1.165, 1.54) is 11.8 Å². The van der Waals surface area contributed by atoms with E-state index < -0.39 is 0 Å². The highest BCUT2D eigenvalue weighted by Crippen LogP contribution is 2.13. The third-order valence-corrected chi connectivity index (χ3v) is 3.88. The predicted molar refractivity (Wildman–Crippen MR) is 108 cm³/mol. The highest BCUT2D eigenvalue weighted by atomic mass is 32.2. The second-order valence-electron chi connectivity index (χ2n) is 4.82. The molecule has 0 unspecified atom stereocenters. The van der Waals surface area contributed by atoms with Gasteiger partial charge in [-0.1, -0.05) is 98.9 Å². The first-order valence-electron chi connectivity index (χ1n) is 7.68. The van der Waals surface area contributed by atoms with E-state index >= 15 is 0 Å². The number of rotatable bonds is 12. The molecule has 0 aromatic carbocycles. The van der Waals surface area contributed by atoms with Crippen LogP contribution in [-0.4, -0.2) is 23.8 Å². The predicted octanol–water partition coefficient (Wildman–Crippen LogP) is 4.83. The summed E-state index contributed by atoms with van der Waals surface area (Å²) in [6.45, 7) is 12.6. The molecule has 0 bridgehead atoms.